The van der Waals surface area contributed by atoms with E-state index in [0.29, 0.717) is 6.42 Å². The summed E-state index contributed by atoms with van der Waals surface area (Å²) in [6, 6.07) is -1.52. The van der Waals surface area contributed by atoms with E-state index >= 15 is 0 Å². The number of hydrogen-bond acceptors (Lipinski definition) is 4. The van der Waals surface area contributed by atoms with Crippen LogP contribution in [0.2, 0.25) is 0 Å². The lowest BCUT2D eigenvalue weighted by Gasteiger charge is -2.34. The summed E-state index contributed by atoms with van der Waals surface area (Å²) >= 11 is 0. The van der Waals surface area contributed by atoms with Crippen LogP contribution >= 0.6 is 0 Å². The molecule has 1 rings (SSSR count). The lowest BCUT2D eigenvalue weighted by atomic mass is 10.1. The van der Waals surface area contributed by atoms with Gasteiger partial charge < -0.3 is 10.6 Å². The largest absolute Gasteiger partial charge is 0.320 e. The van der Waals surface area contributed by atoms with Gasteiger partial charge in [0.2, 0.25) is 17.7 Å². The second kappa shape index (κ2) is 5.46. The van der Waals surface area contributed by atoms with Crippen molar-refractivity contribution in [3.63, 3.8) is 0 Å². The highest BCUT2D eigenvalue weighted by Crippen LogP contribution is 2.11. The molecule has 1 saturated heterocycles. The van der Waals surface area contributed by atoms with Gasteiger partial charge in [-0.3, -0.25) is 19.7 Å². The molecule has 0 aliphatic carbocycles. The van der Waals surface area contributed by atoms with Gasteiger partial charge in [-0.15, -0.1) is 12.3 Å². The number of piperazine rings is 1. The third-order valence-corrected chi connectivity index (χ3v) is 2.58. The molecule has 3 N–H and O–H groups in total. The van der Waals surface area contributed by atoms with Gasteiger partial charge in [0.25, 0.3) is 0 Å². The predicted molar refractivity (Wildman–Crippen MR) is 60.4 cm³/mol. The Kier molecular flexibility index (Phi) is 4.24. The lowest BCUT2D eigenvalue weighted by molar-refractivity contribution is -0.150. The fourth-order valence-electron chi connectivity index (χ4n) is 1.73. The minimum Gasteiger partial charge on any atom is -0.320 e. The molecule has 3 amide bonds. The number of carbonyl (C=O) groups excluding carboxylic acids is 3. The number of imide groups is 1. The maximum Gasteiger partial charge on any atom is 0.249 e. The molecule has 0 spiro atoms. The van der Waals surface area contributed by atoms with E-state index in [1.165, 1.54) is 4.90 Å². The van der Waals surface area contributed by atoms with E-state index in [1.807, 2.05) is 0 Å². The SMILES string of the molecule is C#CCC(N)C(=O)N1CC(=O)NC(=O)C1CC. The average molecular weight is 237 g/mol. The van der Waals surface area contributed by atoms with Crippen LogP contribution in [0.15, 0.2) is 0 Å². The summed E-state index contributed by atoms with van der Waals surface area (Å²) in [5.74, 6) is 0.858. The zero-order valence-electron chi connectivity index (χ0n) is 9.60. The summed E-state index contributed by atoms with van der Waals surface area (Å²) in [6.07, 6.45) is 5.58. The molecule has 0 bridgehead atoms. The second-order valence-corrected chi connectivity index (χ2v) is 3.82. The third kappa shape index (κ3) is 2.82. The van der Waals surface area contributed by atoms with Crippen molar-refractivity contribution in [3.05, 3.63) is 0 Å². The van der Waals surface area contributed by atoms with Gasteiger partial charge in [0.15, 0.2) is 0 Å². The molecule has 1 fully saturated rings. The van der Waals surface area contributed by atoms with E-state index in [1.54, 1.807) is 6.92 Å². The van der Waals surface area contributed by atoms with Gasteiger partial charge in [0, 0.05) is 6.42 Å². The number of hydrogen-bond donors (Lipinski definition) is 2. The Balaban J connectivity index is 2.85. The molecule has 0 aromatic heterocycles. The normalized spacial score (nSPS) is 21.7. The van der Waals surface area contributed by atoms with Gasteiger partial charge in [0.1, 0.15) is 12.6 Å². The number of terminal acetylenes is 1. The minimum atomic E-state index is -0.868. The summed E-state index contributed by atoms with van der Waals surface area (Å²) in [7, 11) is 0. The maximum absolute atomic E-state index is 11.9. The Hall–Kier alpha value is -1.87. The number of nitrogens with zero attached hydrogens (tertiary/aromatic N) is 1. The van der Waals surface area contributed by atoms with Crippen molar-refractivity contribution in [3.8, 4) is 12.3 Å². The Morgan fingerprint density at radius 2 is 2.35 bits per heavy atom. The van der Waals surface area contributed by atoms with Crippen molar-refractivity contribution in [2.24, 2.45) is 5.73 Å². The van der Waals surface area contributed by atoms with Gasteiger partial charge in [-0.2, -0.15) is 0 Å². The van der Waals surface area contributed by atoms with Crippen LogP contribution in [0.3, 0.4) is 0 Å². The first-order valence-electron chi connectivity index (χ1n) is 5.34. The van der Waals surface area contributed by atoms with Gasteiger partial charge in [-0.1, -0.05) is 6.92 Å². The summed E-state index contributed by atoms with van der Waals surface area (Å²) < 4.78 is 0. The first-order valence-corrected chi connectivity index (χ1v) is 5.34. The lowest BCUT2D eigenvalue weighted by Crippen LogP contribution is -2.62. The standard InChI is InChI=1S/C11H15N3O3/c1-3-5-7(12)11(17)14-6-9(15)13-10(16)8(14)4-2/h1,7-8H,4-6,12H2,2H3,(H,13,15,16). The van der Waals surface area contributed by atoms with Gasteiger partial charge in [-0.05, 0) is 6.42 Å². The molecule has 1 aliphatic rings. The first-order chi connectivity index (χ1) is 8.01. The summed E-state index contributed by atoms with van der Waals surface area (Å²) in [5.41, 5.74) is 5.59. The number of nitrogens with two attached hydrogens (primary N) is 1. The Bertz CT molecular complexity index is 386. The smallest absolute Gasteiger partial charge is 0.249 e. The van der Waals surface area contributed by atoms with E-state index in [4.69, 9.17) is 12.2 Å². The highest BCUT2D eigenvalue weighted by molar-refractivity contribution is 6.04. The molecular weight excluding hydrogens is 222 g/mol. The van der Waals surface area contributed by atoms with Crippen LogP contribution in [0.1, 0.15) is 19.8 Å². The van der Waals surface area contributed by atoms with Gasteiger partial charge in [-0.25, -0.2) is 0 Å². The highest BCUT2D eigenvalue weighted by Gasteiger charge is 2.36. The molecule has 0 aromatic carbocycles. The molecule has 6 nitrogen and oxygen atoms in total. The zero-order valence-corrected chi connectivity index (χ0v) is 9.60. The molecule has 1 heterocycles. The quantitative estimate of drug-likeness (QED) is 0.466. The molecule has 92 valence electrons. The van der Waals surface area contributed by atoms with Crippen molar-refractivity contribution >= 4 is 17.7 Å². The molecule has 0 saturated carbocycles. The Morgan fingerprint density at radius 3 is 2.88 bits per heavy atom. The van der Waals surface area contributed by atoms with Gasteiger partial charge >= 0.3 is 0 Å². The fraction of sp³-hybridized carbons (Fsp3) is 0.545. The zero-order chi connectivity index (χ0) is 13.0. The summed E-state index contributed by atoms with van der Waals surface area (Å²) in [5, 5.41) is 2.18. The minimum absolute atomic E-state index is 0.0849. The molecule has 2 unspecified atom stereocenters. The van der Waals surface area contributed by atoms with Crippen LogP contribution in [0, 0.1) is 12.3 Å². The van der Waals surface area contributed by atoms with E-state index in [-0.39, 0.29) is 13.0 Å². The monoisotopic (exact) mass is 237 g/mol. The number of carbonyl (C=O) groups is 3. The summed E-state index contributed by atoms with van der Waals surface area (Å²) in [4.78, 5) is 35.9. The van der Waals surface area contributed by atoms with Crippen LogP contribution in [0.5, 0.6) is 0 Å². The Labute approximate surface area is 99.5 Å². The summed E-state index contributed by atoms with van der Waals surface area (Å²) in [6.45, 7) is 1.61. The Morgan fingerprint density at radius 1 is 1.71 bits per heavy atom. The van der Waals surface area contributed by atoms with Crippen molar-refractivity contribution in [2.45, 2.75) is 31.8 Å². The molecule has 6 heteroatoms. The predicted octanol–water partition coefficient (Wildman–Crippen LogP) is -1.40. The molecular formula is C11H15N3O3. The van der Waals surface area contributed by atoms with E-state index in [0.717, 1.165) is 0 Å². The van der Waals surface area contributed by atoms with E-state index in [9.17, 15) is 14.4 Å². The molecule has 17 heavy (non-hydrogen) atoms. The number of amides is 3. The van der Waals surface area contributed by atoms with Crippen LogP contribution in [-0.4, -0.2) is 41.2 Å². The average Bonchev–Trinajstić information content (AvgIpc) is 2.27. The van der Waals surface area contributed by atoms with E-state index < -0.39 is 29.8 Å². The van der Waals surface area contributed by atoms with Crippen molar-refractivity contribution in [1.82, 2.24) is 10.2 Å². The molecule has 2 atom stereocenters. The van der Waals surface area contributed by atoms with E-state index in [2.05, 4.69) is 11.2 Å². The van der Waals surface area contributed by atoms with Crippen molar-refractivity contribution < 1.29 is 14.4 Å². The number of nitrogens with one attached hydrogen (secondary N) is 1. The van der Waals surface area contributed by atoms with Crippen LogP contribution < -0.4 is 11.1 Å². The fourth-order valence-corrected chi connectivity index (χ4v) is 1.73. The molecule has 1 aliphatic heterocycles. The highest BCUT2D eigenvalue weighted by atomic mass is 16.2. The van der Waals surface area contributed by atoms with Crippen molar-refractivity contribution in [2.75, 3.05) is 6.54 Å². The second-order valence-electron chi connectivity index (χ2n) is 3.82. The topological polar surface area (TPSA) is 92.5 Å². The first kappa shape index (κ1) is 13.2. The number of rotatable bonds is 3. The van der Waals surface area contributed by atoms with Crippen LogP contribution in [0.4, 0.5) is 0 Å². The third-order valence-electron chi connectivity index (χ3n) is 2.58. The van der Waals surface area contributed by atoms with Gasteiger partial charge in [0.05, 0.1) is 6.04 Å². The molecule has 0 radical (unpaired) electrons. The van der Waals surface area contributed by atoms with Crippen LogP contribution in [-0.2, 0) is 14.4 Å². The van der Waals surface area contributed by atoms with Crippen molar-refractivity contribution in [1.29, 1.82) is 0 Å². The molecule has 0 aromatic rings. The van der Waals surface area contributed by atoms with Crippen LogP contribution in [0.25, 0.3) is 0 Å². The maximum atomic E-state index is 11.9.